The van der Waals surface area contributed by atoms with Crippen LogP contribution in [0.3, 0.4) is 0 Å². The summed E-state index contributed by atoms with van der Waals surface area (Å²) in [5.74, 6) is 0.000532. The first-order chi connectivity index (χ1) is 6.18. The number of amides is 1. The third kappa shape index (κ3) is 4.08. The minimum atomic E-state index is 0.000532. The Bertz CT molecular complexity index is 272. The molecule has 0 aromatic heterocycles. The fourth-order valence-corrected chi connectivity index (χ4v) is 1.24. The number of carbonyl (C=O) groups is 1. The molecule has 1 amide bonds. The van der Waals surface area contributed by atoms with Gasteiger partial charge in [-0.1, -0.05) is 46.3 Å². The Morgan fingerprint density at radius 2 is 2.00 bits per heavy atom. The SMILES string of the molecule is C[C](Br)NC(=O)Cc1ccccc1. The zero-order valence-corrected chi connectivity index (χ0v) is 8.97. The van der Waals surface area contributed by atoms with E-state index >= 15 is 0 Å². The van der Waals surface area contributed by atoms with Crippen molar-refractivity contribution in [3.05, 3.63) is 40.8 Å². The highest BCUT2D eigenvalue weighted by molar-refractivity contribution is 9.11. The lowest BCUT2D eigenvalue weighted by Crippen LogP contribution is -2.24. The Morgan fingerprint density at radius 1 is 1.38 bits per heavy atom. The molecule has 1 aromatic carbocycles. The van der Waals surface area contributed by atoms with Crippen LogP contribution in [0.15, 0.2) is 30.3 Å². The van der Waals surface area contributed by atoms with Crippen LogP contribution in [0.4, 0.5) is 0 Å². The van der Waals surface area contributed by atoms with Gasteiger partial charge in [-0.15, -0.1) is 0 Å². The Hall–Kier alpha value is -0.830. The van der Waals surface area contributed by atoms with Crippen molar-refractivity contribution < 1.29 is 4.79 Å². The third-order valence-electron chi connectivity index (χ3n) is 1.52. The molecule has 0 heterocycles. The van der Waals surface area contributed by atoms with Gasteiger partial charge in [-0.2, -0.15) is 0 Å². The number of rotatable bonds is 3. The van der Waals surface area contributed by atoms with E-state index in [2.05, 4.69) is 21.2 Å². The molecule has 0 bridgehead atoms. The number of carbonyl (C=O) groups excluding carboxylic acids is 1. The van der Waals surface area contributed by atoms with Crippen molar-refractivity contribution in [2.24, 2.45) is 0 Å². The molecule has 0 saturated carbocycles. The molecule has 69 valence electrons. The van der Waals surface area contributed by atoms with Gasteiger partial charge in [0, 0.05) is 0 Å². The van der Waals surface area contributed by atoms with Crippen molar-refractivity contribution in [2.75, 3.05) is 0 Å². The summed E-state index contributed by atoms with van der Waals surface area (Å²) in [5.41, 5.74) is 1.02. The first kappa shape index (κ1) is 10.3. The monoisotopic (exact) mass is 240 g/mol. The first-order valence-electron chi connectivity index (χ1n) is 4.01. The summed E-state index contributed by atoms with van der Waals surface area (Å²) >= 11 is 3.17. The van der Waals surface area contributed by atoms with Crippen LogP contribution in [0.25, 0.3) is 0 Å². The van der Waals surface area contributed by atoms with Gasteiger partial charge in [0.1, 0.15) is 4.95 Å². The molecule has 0 aliphatic carbocycles. The molecule has 1 aromatic rings. The molecule has 0 aliphatic heterocycles. The second kappa shape index (κ2) is 5.02. The van der Waals surface area contributed by atoms with Crippen LogP contribution in [0.5, 0.6) is 0 Å². The maximum atomic E-state index is 11.3. The lowest BCUT2D eigenvalue weighted by atomic mass is 10.1. The van der Waals surface area contributed by atoms with E-state index < -0.39 is 0 Å². The summed E-state index contributed by atoms with van der Waals surface area (Å²) in [6.45, 7) is 1.79. The van der Waals surface area contributed by atoms with Gasteiger partial charge in [0.05, 0.1) is 6.42 Å². The predicted molar refractivity (Wildman–Crippen MR) is 56.1 cm³/mol. The van der Waals surface area contributed by atoms with Crippen LogP contribution < -0.4 is 5.32 Å². The largest absolute Gasteiger partial charge is 0.338 e. The van der Waals surface area contributed by atoms with Crippen LogP contribution in [-0.2, 0) is 11.2 Å². The van der Waals surface area contributed by atoms with Gasteiger partial charge in [-0.25, -0.2) is 0 Å². The molecular weight excluding hydrogens is 230 g/mol. The fraction of sp³-hybridized carbons (Fsp3) is 0.200. The molecule has 0 fully saturated rings. The summed E-state index contributed by atoms with van der Waals surface area (Å²) in [7, 11) is 0. The Kier molecular flexibility index (Phi) is 3.96. The Morgan fingerprint density at radius 3 is 2.54 bits per heavy atom. The van der Waals surface area contributed by atoms with E-state index in [1.54, 1.807) is 6.92 Å². The molecule has 0 saturated heterocycles. The van der Waals surface area contributed by atoms with Crippen LogP contribution >= 0.6 is 15.9 Å². The van der Waals surface area contributed by atoms with Crippen molar-refractivity contribution in [2.45, 2.75) is 13.3 Å². The highest BCUT2D eigenvalue weighted by Gasteiger charge is 2.04. The standard InChI is InChI=1S/C10H11BrNO/c1-8(11)12-10(13)7-9-5-3-2-4-6-9/h2-6H,7H2,1H3,(H,12,13). The number of benzene rings is 1. The minimum absolute atomic E-state index is 0.000532. The zero-order valence-electron chi connectivity index (χ0n) is 7.38. The van der Waals surface area contributed by atoms with Crippen molar-refractivity contribution in [1.82, 2.24) is 5.32 Å². The quantitative estimate of drug-likeness (QED) is 0.808. The van der Waals surface area contributed by atoms with Gasteiger partial charge in [-0.3, -0.25) is 4.79 Å². The second-order valence-corrected chi connectivity index (χ2v) is 3.93. The van der Waals surface area contributed by atoms with E-state index in [4.69, 9.17) is 0 Å². The topological polar surface area (TPSA) is 29.1 Å². The van der Waals surface area contributed by atoms with E-state index in [-0.39, 0.29) is 5.91 Å². The lowest BCUT2D eigenvalue weighted by molar-refractivity contribution is -0.119. The van der Waals surface area contributed by atoms with Crippen molar-refractivity contribution in [3.8, 4) is 0 Å². The highest BCUT2D eigenvalue weighted by Crippen LogP contribution is 2.04. The van der Waals surface area contributed by atoms with Crippen LogP contribution in [0, 0.1) is 4.95 Å². The maximum absolute atomic E-state index is 11.3. The number of hydrogen-bond donors (Lipinski definition) is 1. The van der Waals surface area contributed by atoms with Gasteiger partial charge in [0.15, 0.2) is 0 Å². The van der Waals surface area contributed by atoms with Gasteiger partial charge in [0.2, 0.25) is 5.91 Å². The first-order valence-corrected chi connectivity index (χ1v) is 4.80. The molecule has 0 atom stereocenters. The van der Waals surface area contributed by atoms with E-state index in [0.29, 0.717) is 6.42 Å². The van der Waals surface area contributed by atoms with Gasteiger partial charge in [-0.05, 0) is 12.5 Å². The van der Waals surface area contributed by atoms with Crippen molar-refractivity contribution in [1.29, 1.82) is 0 Å². The molecule has 0 spiro atoms. The molecule has 1 radical (unpaired) electrons. The Labute approximate surface area is 86.5 Å². The molecule has 1 N–H and O–H groups in total. The third-order valence-corrected chi connectivity index (χ3v) is 1.72. The molecule has 3 heteroatoms. The molecule has 2 nitrogen and oxygen atoms in total. The number of hydrogen-bond acceptors (Lipinski definition) is 1. The van der Waals surface area contributed by atoms with Crippen LogP contribution in [0.2, 0.25) is 0 Å². The number of nitrogens with one attached hydrogen (secondary N) is 1. The van der Waals surface area contributed by atoms with Crippen molar-refractivity contribution >= 4 is 21.8 Å². The smallest absolute Gasteiger partial charge is 0.225 e. The Balaban J connectivity index is 2.46. The average molecular weight is 241 g/mol. The maximum Gasteiger partial charge on any atom is 0.225 e. The lowest BCUT2D eigenvalue weighted by Gasteiger charge is -2.05. The zero-order chi connectivity index (χ0) is 9.68. The average Bonchev–Trinajstić information content (AvgIpc) is 2.04. The molecular formula is C10H11BrNO. The summed E-state index contributed by atoms with van der Waals surface area (Å²) < 4.78 is 0. The minimum Gasteiger partial charge on any atom is -0.338 e. The van der Waals surface area contributed by atoms with Gasteiger partial charge in [0.25, 0.3) is 0 Å². The summed E-state index contributed by atoms with van der Waals surface area (Å²) in [6.07, 6.45) is 0.420. The van der Waals surface area contributed by atoms with Crippen LogP contribution in [-0.4, -0.2) is 5.91 Å². The summed E-state index contributed by atoms with van der Waals surface area (Å²) in [5, 5.41) is 2.69. The molecule has 1 rings (SSSR count). The fourth-order valence-electron chi connectivity index (χ4n) is 1.02. The van der Waals surface area contributed by atoms with E-state index in [1.165, 1.54) is 0 Å². The number of halogens is 1. The molecule has 0 unspecified atom stereocenters. The van der Waals surface area contributed by atoms with E-state index in [9.17, 15) is 4.79 Å². The second-order valence-electron chi connectivity index (χ2n) is 2.74. The molecule has 0 aliphatic rings. The van der Waals surface area contributed by atoms with Gasteiger partial charge >= 0.3 is 0 Å². The normalized spacial score (nSPS) is 10.1. The molecule has 13 heavy (non-hydrogen) atoms. The van der Waals surface area contributed by atoms with Crippen molar-refractivity contribution in [3.63, 3.8) is 0 Å². The van der Waals surface area contributed by atoms with E-state index in [0.717, 1.165) is 10.5 Å². The van der Waals surface area contributed by atoms with Crippen LogP contribution in [0.1, 0.15) is 12.5 Å². The predicted octanol–water partition coefficient (Wildman–Crippen LogP) is 2.25. The summed E-state index contributed by atoms with van der Waals surface area (Å²) in [4.78, 5) is 12.0. The summed E-state index contributed by atoms with van der Waals surface area (Å²) in [6, 6.07) is 9.65. The van der Waals surface area contributed by atoms with Gasteiger partial charge < -0.3 is 5.32 Å². The van der Waals surface area contributed by atoms with E-state index in [1.807, 2.05) is 30.3 Å². The highest BCUT2D eigenvalue weighted by atomic mass is 79.9.